The van der Waals surface area contributed by atoms with Gasteiger partial charge in [-0.05, 0) is 91.8 Å². The smallest absolute Gasteiger partial charge is 0.0596 e. The summed E-state index contributed by atoms with van der Waals surface area (Å²) in [4.78, 5) is 0. The van der Waals surface area contributed by atoms with E-state index in [1.54, 1.807) is 0 Å². The van der Waals surface area contributed by atoms with Gasteiger partial charge in [-0.25, -0.2) is 0 Å². The van der Waals surface area contributed by atoms with E-state index in [1.807, 2.05) is 0 Å². The van der Waals surface area contributed by atoms with E-state index in [-0.39, 0.29) is 17.6 Å². The maximum absolute atomic E-state index is 10.5. The fourth-order valence-electron chi connectivity index (χ4n) is 7.67. The van der Waals surface area contributed by atoms with Crippen LogP contribution in [-0.2, 0) is 0 Å². The Hall–Kier alpha value is -0.0800. The first-order valence-corrected chi connectivity index (χ1v) is 9.73. The molecule has 4 aliphatic carbocycles. The summed E-state index contributed by atoms with van der Waals surface area (Å²) in [5, 5.41) is 20.7. The summed E-state index contributed by atoms with van der Waals surface area (Å²) >= 11 is 0. The van der Waals surface area contributed by atoms with Crippen molar-refractivity contribution in [2.24, 2.45) is 40.4 Å². The van der Waals surface area contributed by atoms with Crippen LogP contribution >= 0.6 is 0 Å². The molecule has 2 heteroatoms. The molecule has 0 spiro atoms. The van der Waals surface area contributed by atoms with Gasteiger partial charge >= 0.3 is 0 Å². The van der Waals surface area contributed by atoms with Crippen LogP contribution < -0.4 is 0 Å². The van der Waals surface area contributed by atoms with Gasteiger partial charge in [0.05, 0.1) is 12.2 Å². The fraction of sp³-hybridized carbons (Fsp3) is 1.00. The summed E-state index contributed by atoms with van der Waals surface area (Å²) in [6.07, 6.45) is 9.37. The number of hydrogen-bond donors (Lipinski definition) is 2. The summed E-state index contributed by atoms with van der Waals surface area (Å²) < 4.78 is 0. The molecule has 0 amide bonds. The summed E-state index contributed by atoms with van der Waals surface area (Å²) in [7, 11) is 0. The Balaban J connectivity index is 1.66. The van der Waals surface area contributed by atoms with E-state index in [4.69, 9.17) is 0 Å². The van der Waals surface area contributed by atoms with Gasteiger partial charge in [0.1, 0.15) is 0 Å². The molecule has 2 N–H and O–H groups in total. The standard InChI is InChI=1S/C20H34O2/c1-12-10-14(21)11-13-4-5-15-16-6-7-18(22)19(16,2)9-8-17(15)20(12,13)3/h12-18,21-22H,4-11H2,1-3H3/t12?,13?,14-,15-,16-,17-,18-,19-,20-/m0/s1. The lowest BCUT2D eigenvalue weighted by Gasteiger charge is -2.62. The van der Waals surface area contributed by atoms with E-state index in [1.165, 1.54) is 32.1 Å². The van der Waals surface area contributed by atoms with Crippen molar-refractivity contribution in [2.75, 3.05) is 0 Å². The van der Waals surface area contributed by atoms with Crippen LogP contribution in [0.3, 0.4) is 0 Å². The summed E-state index contributed by atoms with van der Waals surface area (Å²) in [5.74, 6) is 3.78. The molecule has 0 saturated heterocycles. The first-order chi connectivity index (χ1) is 10.4. The Morgan fingerprint density at radius 3 is 2.41 bits per heavy atom. The van der Waals surface area contributed by atoms with Crippen molar-refractivity contribution in [1.82, 2.24) is 0 Å². The third-order valence-corrected chi connectivity index (χ3v) is 9.16. The van der Waals surface area contributed by atoms with Crippen LogP contribution in [0.4, 0.5) is 0 Å². The zero-order chi connectivity index (χ0) is 15.7. The second-order valence-electron chi connectivity index (χ2n) is 9.68. The van der Waals surface area contributed by atoms with Crippen molar-refractivity contribution >= 4 is 0 Å². The van der Waals surface area contributed by atoms with Crippen LogP contribution in [0.25, 0.3) is 0 Å². The van der Waals surface area contributed by atoms with Crippen LogP contribution in [0.15, 0.2) is 0 Å². The number of hydrogen-bond acceptors (Lipinski definition) is 2. The molecular formula is C20H34O2. The number of fused-ring (bicyclic) bond motifs is 5. The molecule has 0 aromatic carbocycles. The first kappa shape index (κ1) is 15.4. The summed E-state index contributed by atoms with van der Waals surface area (Å²) in [5.41, 5.74) is 0.624. The average Bonchev–Trinajstić information content (AvgIpc) is 2.77. The SMILES string of the molecule is CC1C[C@H](O)CC2CC[C@@H]3[C@H](CC[C@]4(C)[C@@H](O)CC[C@@H]34)[C@@]12C. The molecule has 4 fully saturated rings. The normalized spacial score (nSPS) is 61.2. The topological polar surface area (TPSA) is 40.5 Å². The van der Waals surface area contributed by atoms with Crippen LogP contribution in [0.1, 0.15) is 72.1 Å². The molecule has 0 aliphatic heterocycles. The van der Waals surface area contributed by atoms with Crippen molar-refractivity contribution in [3.05, 3.63) is 0 Å². The number of aliphatic hydroxyl groups excluding tert-OH is 2. The molecule has 4 saturated carbocycles. The van der Waals surface area contributed by atoms with Gasteiger partial charge in [-0.2, -0.15) is 0 Å². The number of aliphatic hydroxyl groups is 2. The largest absolute Gasteiger partial charge is 0.393 e. The maximum atomic E-state index is 10.5. The summed E-state index contributed by atoms with van der Waals surface area (Å²) in [6, 6.07) is 0. The minimum Gasteiger partial charge on any atom is -0.393 e. The predicted molar refractivity (Wildman–Crippen MR) is 88.3 cm³/mol. The van der Waals surface area contributed by atoms with Crippen molar-refractivity contribution < 1.29 is 10.2 Å². The Bertz CT molecular complexity index is 449. The fourth-order valence-corrected chi connectivity index (χ4v) is 7.67. The Labute approximate surface area is 135 Å². The lowest BCUT2D eigenvalue weighted by Crippen LogP contribution is -2.57. The molecule has 2 nitrogen and oxygen atoms in total. The van der Waals surface area contributed by atoms with Gasteiger partial charge in [0.25, 0.3) is 0 Å². The molecule has 0 heterocycles. The third kappa shape index (κ3) is 1.86. The molecule has 0 aromatic rings. The molecule has 0 radical (unpaired) electrons. The number of rotatable bonds is 0. The second kappa shape index (κ2) is 4.96. The highest BCUT2D eigenvalue weighted by Crippen LogP contribution is 2.67. The molecule has 9 atom stereocenters. The molecule has 4 rings (SSSR count). The Morgan fingerprint density at radius 1 is 0.864 bits per heavy atom. The van der Waals surface area contributed by atoms with Gasteiger partial charge in [-0.3, -0.25) is 0 Å². The Kier molecular flexibility index (Phi) is 3.48. The van der Waals surface area contributed by atoms with Gasteiger partial charge in [0.2, 0.25) is 0 Å². The van der Waals surface area contributed by atoms with Crippen LogP contribution in [0.5, 0.6) is 0 Å². The van der Waals surface area contributed by atoms with Crippen molar-refractivity contribution in [3.8, 4) is 0 Å². The van der Waals surface area contributed by atoms with Crippen LogP contribution in [0.2, 0.25) is 0 Å². The van der Waals surface area contributed by atoms with Crippen molar-refractivity contribution in [1.29, 1.82) is 0 Å². The minimum atomic E-state index is -0.0632. The highest BCUT2D eigenvalue weighted by atomic mass is 16.3. The zero-order valence-electron chi connectivity index (χ0n) is 14.6. The van der Waals surface area contributed by atoms with Crippen LogP contribution in [0, 0.1) is 40.4 Å². The van der Waals surface area contributed by atoms with Crippen molar-refractivity contribution in [3.63, 3.8) is 0 Å². The van der Waals surface area contributed by atoms with E-state index in [0.717, 1.165) is 42.9 Å². The molecule has 2 unspecified atom stereocenters. The lowest BCUT2D eigenvalue weighted by atomic mass is 9.43. The first-order valence-electron chi connectivity index (χ1n) is 9.73. The molecule has 126 valence electrons. The van der Waals surface area contributed by atoms with Gasteiger partial charge in [-0.1, -0.05) is 20.8 Å². The van der Waals surface area contributed by atoms with Crippen LogP contribution in [-0.4, -0.2) is 22.4 Å². The highest BCUT2D eigenvalue weighted by molar-refractivity contribution is 5.10. The maximum Gasteiger partial charge on any atom is 0.0596 e. The van der Waals surface area contributed by atoms with E-state index in [2.05, 4.69) is 20.8 Å². The van der Waals surface area contributed by atoms with E-state index in [9.17, 15) is 10.2 Å². The van der Waals surface area contributed by atoms with Gasteiger partial charge in [0, 0.05) is 0 Å². The van der Waals surface area contributed by atoms with Gasteiger partial charge in [0.15, 0.2) is 0 Å². The van der Waals surface area contributed by atoms with E-state index < -0.39 is 0 Å². The average molecular weight is 306 g/mol. The second-order valence-corrected chi connectivity index (χ2v) is 9.68. The highest BCUT2D eigenvalue weighted by Gasteiger charge is 2.61. The van der Waals surface area contributed by atoms with E-state index >= 15 is 0 Å². The van der Waals surface area contributed by atoms with Gasteiger partial charge < -0.3 is 10.2 Å². The molecule has 0 bridgehead atoms. The zero-order valence-corrected chi connectivity index (χ0v) is 14.6. The Morgan fingerprint density at radius 2 is 1.64 bits per heavy atom. The third-order valence-electron chi connectivity index (χ3n) is 9.16. The molecular weight excluding hydrogens is 272 g/mol. The molecule has 22 heavy (non-hydrogen) atoms. The summed E-state index contributed by atoms with van der Waals surface area (Å²) in [6.45, 7) is 7.32. The quantitative estimate of drug-likeness (QED) is 0.710. The van der Waals surface area contributed by atoms with E-state index in [0.29, 0.717) is 11.3 Å². The lowest BCUT2D eigenvalue weighted by molar-refractivity contribution is -0.156. The van der Waals surface area contributed by atoms with Gasteiger partial charge in [-0.15, -0.1) is 0 Å². The molecule has 4 aliphatic rings. The van der Waals surface area contributed by atoms with Crippen molar-refractivity contribution in [2.45, 2.75) is 84.3 Å². The molecule has 0 aromatic heterocycles. The monoisotopic (exact) mass is 306 g/mol. The predicted octanol–water partition coefficient (Wildman–Crippen LogP) is 4.00. The minimum absolute atomic E-state index is 0.0606.